The molecule has 2 aromatic heterocycles. The molecule has 8 nitrogen and oxygen atoms in total. The molecule has 132 valence electrons. The highest BCUT2D eigenvalue weighted by atomic mass is 32.1. The molecule has 0 bridgehead atoms. The summed E-state index contributed by atoms with van der Waals surface area (Å²) in [4.78, 5) is 28.1. The molecule has 0 atom stereocenters. The minimum absolute atomic E-state index is 0.0979. The van der Waals surface area contributed by atoms with E-state index < -0.39 is 0 Å². The molecule has 3 aromatic rings. The lowest BCUT2D eigenvalue weighted by molar-refractivity contribution is 0.252. The highest BCUT2D eigenvalue weighted by Gasteiger charge is 2.09. The second-order valence-corrected chi connectivity index (χ2v) is 6.66. The van der Waals surface area contributed by atoms with Gasteiger partial charge in [0, 0.05) is 31.7 Å². The minimum Gasteiger partial charge on any atom is -0.375 e. The number of nitrogens with one attached hydrogen (secondary N) is 2. The van der Waals surface area contributed by atoms with Gasteiger partial charge in [0.1, 0.15) is 0 Å². The normalized spacial score (nSPS) is 11.0. The largest absolute Gasteiger partial charge is 0.375 e. The average molecular weight is 360 g/mol. The van der Waals surface area contributed by atoms with Crippen molar-refractivity contribution < 1.29 is 4.79 Å². The number of carbonyl (C=O) groups excluding carboxylic acids is 1. The smallest absolute Gasteiger partial charge is 0.328 e. The molecular weight excluding hydrogens is 340 g/mol. The van der Waals surface area contributed by atoms with Crippen LogP contribution in [0.5, 0.6) is 0 Å². The van der Waals surface area contributed by atoms with E-state index in [-0.39, 0.29) is 11.7 Å². The zero-order chi connectivity index (χ0) is 18.0. The monoisotopic (exact) mass is 360 g/mol. The van der Waals surface area contributed by atoms with Gasteiger partial charge in [-0.3, -0.25) is 9.13 Å². The number of hydrogen-bond acceptors (Lipinski definition) is 5. The van der Waals surface area contributed by atoms with E-state index in [1.807, 2.05) is 11.4 Å². The fourth-order valence-corrected chi connectivity index (χ4v) is 3.27. The number of aryl methyl sites for hydroxylation is 3. The number of nitrogens with zero attached hydrogens (tertiary/aromatic N) is 3. The van der Waals surface area contributed by atoms with Gasteiger partial charge in [0.15, 0.2) is 5.13 Å². The van der Waals surface area contributed by atoms with E-state index >= 15 is 0 Å². The number of hydrogen-bond donors (Lipinski definition) is 3. The Morgan fingerprint density at radius 1 is 1.28 bits per heavy atom. The number of amides is 2. The van der Waals surface area contributed by atoms with Crippen LogP contribution in [0.4, 0.5) is 15.6 Å². The number of aromatic nitrogens is 3. The van der Waals surface area contributed by atoms with Crippen molar-refractivity contribution in [2.45, 2.75) is 12.8 Å². The van der Waals surface area contributed by atoms with Crippen molar-refractivity contribution in [2.75, 3.05) is 17.6 Å². The molecule has 4 N–H and O–H groups in total. The van der Waals surface area contributed by atoms with Crippen molar-refractivity contribution in [1.82, 2.24) is 19.4 Å². The molecule has 0 saturated carbocycles. The van der Waals surface area contributed by atoms with Crippen LogP contribution < -0.4 is 22.1 Å². The number of imidazole rings is 1. The van der Waals surface area contributed by atoms with Gasteiger partial charge in [-0.1, -0.05) is 0 Å². The summed E-state index contributed by atoms with van der Waals surface area (Å²) in [5, 5.41) is 8.08. The molecule has 0 spiro atoms. The fourth-order valence-electron chi connectivity index (χ4n) is 2.67. The SMILES string of the molecule is Cn1c(=O)n(C)c2cc(NC(=O)NCCCc3csc(N)n3)ccc21. The highest BCUT2D eigenvalue weighted by molar-refractivity contribution is 7.13. The first kappa shape index (κ1) is 17.0. The van der Waals surface area contributed by atoms with Crippen LogP contribution >= 0.6 is 11.3 Å². The summed E-state index contributed by atoms with van der Waals surface area (Å²) < 4.78 is 3.13. The van der Waals surface area contributed by atoms with E-state index in [0.29, 0.717) is 17.4 Å². The fraction of sp³-hybridized carbons (Fsp3) is 0.312. The van der Waals surface area contributed by atoms with Crippen LogP contribution in [0.3, 0.4) is 0 Å². The summed E-state index contributed by atoms with van der Waals surface area (Å²) in [6.45, 7) is 0.537. The van der Waals surface area contributed by atoms with E-state index in [0.717, 1.165) is 29.6 Å². The van der Waals surface area contributed by atoms with Crippen molar-refractivity contribution in [3.8, 4) is 0 Å². The number of anilines is 2. The van der Waals surface area contributed by atoms with Gasteiger partial charge in [-0.2, -0.15) is 0 Å². The lowest BCUT2D eigenvalue weighted by Gasteiger charge is -2.08. The van der Waals surface area contributed by atoms with Crippen LogP contribution in [0.15, 0.2) is 28.4 Å². The van der Waals surface area contributed by atoms with Crippen molar-refractivity contribution in [1.29, 1.82) is 0 Å². The van der Waals surface area contributed by atoms with E-state index in [1.165, 1.54) is 11.3 Å². The molecule has 9 heteroatoms. The lowest BCUT2D eigenvalue weighted by Crippen LogP contribution is -2.29. The Balaban J connectivity index is 1.55. The van der Waals surface area contributed by atoms with Crippen LogP contribution in [0.2, 0.25) is 0 Å². The zero-order valence-electron chi connectivity index (χ0n) is 14.1. The van der Waals surface area contributed by atoms with Gasteiger partial charge in [0.05, 0.1) is 16.7 Å². The molecule has 0 unspecified atom stereocenters. The molecule has 2 heterocycles. The average Bonchev–Trinajstić information content (AvgIpc) is 3.09. The second kappa shape index (κ2) is 6.98. The van der Waals surface area contributed by atoms with Crippen LogP contribution in [0.1, 0.15) is 12.1 Å². The molecule has 0 aliphatic heterocycles. The van der Waals surface area contributed by atoms with E-state index in [1.54, 1.807) is 35.4 Å². The molecule has 0 radical (unpaired) electrons. The Hall–Kier alpha value is -2.81. The molecule has 3 rings (SSSR count). The number of thiazole rings is 1. The Labute approximate surface area is 148 Å². The first-order valence-electron chi connectivity index (χ1n) is 7.86. The molecule has 0 fully saturated rings. The third-order valence-electron chi connectivity index (χ3n) is 3.99. The minimum atomic E-state index is -0.280. The van der Waals surface area contributed by atoms with Crippen molar-refractivity contribution in [3.63, 3.8) is 0 Å². The Bertz CT molecular complexity index is 971. The predicted molar refractivity (Wildman–Crippen MR) is 100 cm³/mol. The van der Waals surface area contributed by atoms with Crippen molar-refractivity contribution in [2.24, 2.45) is 14.1 Å². The highest BCUT2D eigenvalue weighted by Crippen LogP contribution is 2.17. The van der Waals surface area contributed by atoms with Crippen LogP contribution in [-0.2, 0) is 20.5 Å². The Morgan fingerprint density at radius 2 is 2.04 bits per heavy atom. The van der Waals surface area contributed by atoms with Gasteiger partial charge in [-0.15, -0.1) is 11.3 Å². The second-order valence-electron chi connectivity index (χ2n) is 5.77. The van der Waals surface area contributed by atoms with E-state index in [2.05, 4.69) is 15.6 Å². The van der Waals surface area contributed by atoms with Crippen LogP contribution in [0, 0.1) is 0 Å². The predicted octanol–water partition coefficient (Wildman–Crippen LogP) is 1.67. The Morgan fingerprint density at radius 3 is 2.76 bits per heavy atom. The van der Waals surface area contributed by atoms with Crippen LogP contribution in [-0.4, -0.2) is 26.7 Å². The number of nitrogens with two attached hydrogens (primary N) is 1. The molecule has 25 heavy (non-hydrogen) atoms. The maximum atomic E-state index is 12.0. The van der Waals surface area contributed by atoms with E-state index in [4.69, 9.17) is 5.73 Å². The summed E-state index contributed by atoms with van der Waals surface area (Å²) in [5.74, 6) is 0. The van der Waals surface area contributed by atoms with Gasteiger partial charge in [0.25, 0.3) is 0 Å². The number of carbonyl (C=O) groups is 1. The van der Waals surface area contributed by atoms with Gasteiger partial charge >= 0.3 is 11.7 Å². The molecular formula is C16H20N6O2S. The van der Waals surface area contributed by atoms with Gasteiger partial charge in [0.2, 0.25) is 0 Å². The quantitative estimate of drug-likeness (QED) is 0.602. The lowest BCUT2D eigenvalue weighted by atomic mass is 10.2. The third kappa shape index (κ3) is 3.66. The first-order chi connectivity index (χ1) is 12.0. The molecule has 2 amide bonds. The van der Waals surface area contributed by atoms with Crippen LogP contribution in [0.25, 0.3) is 11.0 Å². The van der Waals surface area contributed by atoms with Gasteiger partial charge in [-0.05, 0) is 31.0 Å². The summed E-state index contributed by atoms with van der Waals surface area (Å²) in [7, 11) is 3.43. The number of urea groups is 1. The zero-order valence-corrected chi connectivity index (χ0v) is 14.9. The number of nitrogen functional groups attached to an aromatic ring is 1. The first-order valence-corrected chi connectivity index (χ1v) is 8.74. The summed E-state index contributed by atoms with van der Waals surface area (Å²) >= 11 is 1.42. The third-order valence-corrected chi connectivity index (χ3v) is 4.72. The Kier molecular flexibility index (Phi) is 4.75. The summed E-state index contributed by atoms with van der Waals surface area (Å²) in [5.41, 5.74) is 8.66. The number of fused-ring (bicyclic) bond motifs is 1. The standard InChI is InChI=1S/C16H20N6O2S/c1-21-12-6-5-10(8-13(12)22(2)16(21)24)20-15(23)18-7-3-4-11-9-25-14(17)19-11/h5-6,8-9H,3-4,7H2,1-2H3,(H2,17,19)(H2,18,20,23). The number of benzene rings is 1. The van der Waals surface area contributed by atoms with E-state index in [9.17, 15) is 9.59 Å². The van der Waals surface area contributed by atoms with Crippen molar-refractivity contribution >= 4 is 39.2 Å². The van der Waals surface area contributed by atoms with Gasteiger partial charge in [-0.25, -0.2) is 14.6 Å². The molecule has 0 aliphatic rings. The molecule has 1 aromatic carbocycles. The topological polar surface area (TPSA) is 107 Å². The summed E-state index contributed by atoms with van der Waals surface area (Å²) in [6, 6.07) is 5.10. The number of rotatable bonds is 5. The van der Waals surface area contributed by atoms with Crippen molar-refractivity contribution in [3.05, 3.63) is 39.8 Å². The molecule has 0 saturated heterocycles. The van der Waals surface area contributed by atoms with Gasteiger partial charge < -0.3 is 16.4 Å². The summed E-state index contributed by atoms with van der Waals surface area (Å²) in [6.07, 6.45) is 1.55. The maximum Gasteiger partial charge on any atom is 0.328 e. The maximum absolute atomic E-state index is 12.0. The molecule has 0 aliphatic carbocycles.